The molecule has 1 spiro atoms. The highest BCUT2D eigenvalue weighted by Gasteiger charge is 2.61. The number of hydrogen-bond acceptors (Lipinski definition) is 6. The molecule has 0 aromatic heterocycles. The molecular weight excluding hydrogens is 334 g/mol. The van der Waals surface area contributed by atoms with Crippen molar-refractivity contribution in [3.05, 3.63) is 52.6 Å². The molecule has 7 heteroatoms. The number of nitrogens with zero attached hydrogens (tertiary/aromatic N) is 2. The number of hydrogen-bond donors (Lipinski definition) is 1. The first-order chi connectivity index (χ1) is 12.4. The van der Waals surface area contributed by atoms with E-state index in [1.165, 1.54) is 12.0 Å². The fraction of sp³-hybridized carbons (Fsp3) is 0.211. The molecule has 2 N–H and O–H groups in total. The number of carbonyl (C=O) groups excluding carboxylic acids is 2. The van der Waals surface area contributed by atoms with Crippen LogP contribution in [0, 0.1) is 23.7 Å². The predicted molar refractivity (Wildman–Crippen MR) is 90.8 cm³/mol. The van der Waals surface area contributed by atoms with Crippen LogP contribution in [0.4, 0.5) is 0 Å². The van der Waals surface area contributed by atoms with Crippen LogP contribution in [-0.2, 0) is 19.7 Å². The summed E-state index contributed by atoms with van der Waals surface area (Å²) in [5, 5.41) is 9.75. The molecule has 0 saturated carbocycles. The molecule has 26 heavy (non-hydrogen) atoms. The third-order valence-corrected chi connectivity index (χ3v) is 4.59. The first kappa shape index (κ1) is 17.1. The second-order valence-corrected chi connectivity index (χ2v) is 5.75. The van der Waals surface area contributed by atoms with Gasteiger partial charge in [0.15, 0.2) is 5.41 Å². The number of rotatable bonds is 2. The third kappa shape index (κ3) is 1.95. The van der Waals surface area contributed by atoms with Crippen molar-refractivity contribution in [1.29, 1.82) is 5.26 Å². The van der Waals surface area contributed by atoms with Crippen LogP contribution in [0.3, 0.4) is 0 Å². The Bertz CT molecular complexity index is 977. The Balaban J connectivity index is 2.46. The number of fused-ring (bicyclic) bond motifs is 2. The molecule has 2 aliphatic rings. The van der Waals surface area contributed by atoms with Gasteiger partial charge < -0.3 is 20.1 Å². The van der Waals surface area contributed by atoms with Gasteiger partial charge in [0, 0.05) is 11.3 Å². The number of allylic oxidation sites excluding steroid dienone is 1. The SMILES string of the molecule is C#CCN1C(=O)C2(C(C#N)=C(N)Oc3ccccc32)C(C(=O)OC)=C1C. The van der Waals surface area contributed by atoms with E-state index in [9.17, 15) is 14.9 Å². The summed E-state index contributed by atoms with van der Waals surface area (Å²) in [4.78, 5) is 27.4. The zero-order valence-electron chi connectivity index (χ0n) is 14.2. The number of nitriles is 1. The number of nitrogens with two attached hydrogens (primary N) is 1. The zero-order valence-corrected chi connectivity index (χ0v) is 14.2. The molecule has 0 fully saturated rings. The van der Waals surface area contributed by atoms with Gasteiger partial charge in [0.1, 0.15) is 17.4 Å². The molecule has 0 bridgehead atoms. The number of methoxy groups -OCH3 is 1. The fourth-order valence-electron chi connectivity index (χ4n) is 3.53. The van der Waals surface area contributed by atoms with Crippen molar-refractivity contribution >= 4 is 11.9 Å². The fourth-order valence-corrected chi connectivity index (χ4v) is 3.53. The van der Waals surface area contributed by atoms with Gasteiger partial charge in [-0.15, -0.1) is 6.42 Å². The van der Waals surface area contributed by atoms with Crippen LogP contribution in [-0.4, -0.2) is 30.4 Å². The second-order valence-electron chi connectivity index (χ2n) is 5.75. The summed E-state index contributed by atoms with van der Waals surface area (Å²) in [6.07, 6.45) is 5.38. The quantitative estimate of drug-likeness (QED) is 0.629. The normalized spacial score (nSPS) is 21.2. The topological polar surface area (TPSA) is 106 Å². The molecule has 1 aromatic rings. The molecule has 0 aliphatic carbocycles. The number of carbonyl (C=O) groups is 2. The summed E-state index contributed by atoms with van der Waals surface area (Å²) in [6.45, 7) is 1.52. The number of esters is 1. The molecule has 7 nitrogen and oxygen atoms in total. The van der Waals surface area contributed by atoms with E-state index in [2.05, 4.69) is 5.92 Å². The highest BCUT2D eigenvalue weighted by molar-refractivity contribution is 6.12. The third-order valence-electron chi connectivity index (χ3n) is 4.59. The Morgan fingerprint density at radius 2 is 2.15 bits per heavy atom. The summed E-state index contributed by atoms with van der Waals surface area (Å²) < 4.78 is 10.4. The maximum atomic E-state index is 13.5. The Labute approximate surface area is 150 Å². The summed E-state index contributed by atoms with van der Waals surface area (Å²) in [7, 11) is 1.20. The Morgan fingerprint density at radius 1 is 1.46 bits per heavy atom. The average molecular weight is 349 g/mol. The van der Waals surface area contributed by atoms with E-state index < -0.39 is 17.3 Å². The molecule has 3 rings (SSSR count). The lowest BCUT2D eigenvalue weighted by Crippen LogP contribution is -2.47. The summed E-state index contributed by atoms with van der Waals surface area (Å²) in [6, 6.07) is 8.55. The van der Waals surface area contributed by atoms with Crippen molar-refractivity contribution in [2.24, 2.45) is 5.73 Å². The number of para-hydroxylation sites is 1. The monoisotopic (exact) mass is 349 g/mol. The van der Waals surface area contributed by atoms with Crippen molar-refractivity contribution in [2.45, 2.75) is 12.3 Å². The van der Waals surface area contributed by atoms with Crippen molar-refractivity contribution in [3.63, 3.8) is 0 Å². The van der Waals surface area contributed by atoms with Crippen molar-refractivity contribution in [1.82, 2.24) is 4.90 Å². The smallest absolute Gasteiger partial charge is 0.337 e. The minimum absolute atomic E-state index is 0.00972. The molecule has 0 radical (unpaired) electrons. The number of amides is 1. The van der Waals surface area contributed by atoms with E-state index >= 15 is 0 Å². The highest BCUT2D eigenvalue weighted by atomic mass is 16.5. The van der Waals surface area contributed by atoms with Crippen molar-refractivity contribution < 1.29 is 19.1 Å². The number of ether oxygens (including phenoxy) is 2. The summed E-state index contributed by atoms with van der Waals surface area (Å²) >= 11 is 0. The molecule has 2 aliphatic heterocycles. The molecule has 2 heterocycles. The van der Waals surface area contributed by atoms with Crippen LogP contribution >= 0.6 is 0 Å². The zero-order chi connectivity index (χ0) is 19.1. The van der Waals surface area contributed by atoms with Gasteiger partial charge in [-0.1, -0.05) is 24.1 Å². The van der Waals surface area contributed by atoms with Crippen LogP contribution in [0.5, 0.6) is 5.75 Å². The van der Waals surface area contributed by atoms with Gasteiger partial charge in [-0.25, -0.2) is 4.79 Å². The summed E-state index contributed by atoms with van der Waals surface area (Å²) in [5.74, 6) is 1.16. The molecule has 130 valence electrons. The van der Waals surface area contributed by atoms with Gasteiger partial charge in [-0.3, -0.25) is 4.79 Å². The molecule has 1 unspecified atom stereocenters. The van der Waals surface area contributed by atoms with E-state index in [4.69, 9.17) is 21.6 Å². The van der Waals surface area contributed by atoms with E-state index in [0.717, 1.165) is 0 Å². The molecule has 1 aromatic carbocycles. The number of terminal acetylenes is 1. The lowest BCUT2D eigenvalue weighted by Gasteiger charge is -2.35. The first-order valence-electron chi connectivity index (χ1n) is 7.67. The maximum Gasteiger partial charge on any atom is 0.337 e. The standard InChI is InChI=1S/C19H15N3O4/c1-4-9-22-11(2)15(17(23)25-3)19(18(22)24)12-7-5-6-8-14(12)26-16(21)13(19)10-20/h1,5-8H,9,21H2,2-3H3. The first-order valence-corrected chi connectivity index (χ1v) is 7.67. The van der Waals surface area contributed by atoms with Crippen LogP contribution in [0.15, 0.2) is 47.0 Å². The van der Waals surface area contributed by atoms with Crippen LogP contribution in [0.25, 0.3) is 0 Å². The lowest BCUT2D eigenvalue weighted by atomic mass is 9.68. The van der Waals surface area contributed by atoms with Crippen LogP contribution in [0.1, 0.15) is 12.5 Å². The summed E-state index contributed by atoms with van der Waals surface area (Å²) in [5.41, 5.74) is 4.69. The lowest BCUT2D eigenvalue weighted by molar-refractivity contribution is -0.138. The Hall–Kier alpha value is -3.71. The van der Waals surface area contributed by atoms with Gasteiger partial charge in [-0.2, -0.15) is 5.26 Å². The van der Waals surface area contributed by atoms with E-state index in [1.807, 2.05) is 6.07 Å². The van der Waals surface area contributed by atoms with Crippen LogP contribution in [0.2, 0.25) is 0 Å². The Morgan fingerprint density at radius 3 is 2.77 bits per heavy atom. The van der Waals surface area contributed by atoms with Gasteiger partial charge in [-0.05, 0) is 13.0 Å². The minimum Gasteiger partial charge on any atom is -0.466 e. The van der Waals surface area contributed by atoms with Crippen LogP contribution < -0.4 is 10.5 Å². The molecule has 0 saturated heterocycles. The van der Waals surface area contributed by atoms with E-state index in [0.29, 0.717) is 11.3 Å². The van der Waals surface area contributed by atoms with Crippen molar-refractivity contribution in [2.75, 3.05) is 13.7 Å². The number of benzene rings is 1. The second kappa shape index (κ2) is 5.98. The maximum absolute atomic E-state index is 13.5. The van der Waals surface area contributed by atoms with E-state index in [-0.39, 0.29) is 29.3 Å². The Kier molecular flexibility index (Phi) is 3.94. The van der Waals surface area contributed by atoms with Gasteiger partial charge >= 0.3 is 5.97 Å². The average Bonchev–Trinajstić information content (AvgIpc) is 2.84. The highest BCUT2D eigenvalue weighted by Crippen LogP contribution is 2.53. The van der Waals surface area contributed by atoms with Gasteiger partial charge in [0.25, 0.3) is 0 Å². The van der Waals surface area contributed by atoms with Gasteiger partial charge in [0.2, 0.25) is 11.8 Å². The van der Waals surface area contributed by atoms with Crippen molar-refractivity contribution in [3.8, 4) is 24.2 Å². The van der Waals surface area contributed by atoms with Gasteiger partial charge in [0.05, 0.1) is 19.2 Å². The van der Waals surface area contributed by atoms with E-state index in [1.54, 1.807) is 31.2 Å². The predicted octanol–water partition coefficient (Wildman–Crippen LogP) is 0.933. The molecule has 1 atom stereocenters. The molecular formula is C19H15N3O4. The largest absolute Gasteiger partial charge is 0.466 e. The molecule has 1 amide bonds. The minimum atomic E-state index is -1.75.